The van der Waals surface area contributed by atoms with Gasteiger partial charge in [-0.3, -0.25) is 4.68 Å². The molecule has 3 heteroatoms. The van der Waals surface area contributed by atoms with Crippen LogP contribution in [0.15, 0.2) is 30.5 Å². The van der Waals surface area contributed by atoms with E-state index in [1.165, 1.54) is 16.7 Å². The van der Waals surface area contributed by atoms with Crippen LogP contribution in [-0.2, 0) is 13.1 Å². The summed E-state index contributed by atoms with van der Waals surface area (Å²) in [5, 5.41) is 7.87. The van der Waals surface area contributed by atoms with Gasteiger partial charge in [0.25, 0.3) is 0 Å². The van der Waals surface area contributed by atoms with Crippen molar-refractivity contribution in [2.75, 3.05) is 6.54 Å². The third-order valence-electron chi connectivity index (χ3n) is 3.22. The maximum atomic E-state index is 4.58. The van der Waals surface area contributed by atoms with Crippen molar-refractivity contribution in [3.05, 3.63) is 52.8 Å². The standard InChI is InChI=1S/C15H21N3/c1-4-16-10-14-8-9-18(17-14)11-15-12(2)6-5-7-13(15)3/h5-9,16H,4,10-11H2,1-3H3. The Morgan fingerprint density at radius 1 is 1.17 bits per heavy atom. The van der Waals surface area contributed by atoms with Crippen molar-refractivity contribution in [3.63, 3.8) is 0 Å². The summed E-state index contributed by atoms with van der Waals surface area (Å²) in [5.41, 5.74) is 5.14. The predicted molar refractivity (Wildman–Crippen MR) is 74.6 cm³/mol. The zero-order valence-corrected chi connectivity index (χ0v) is 11.4. The first-order valence-electron chi connectivity index (χ1n) is 6.49. The summed E-state index contributed by atoms with van der Waals surface area (Å²) in [6, 6.07) is 8.50. The van der Waals surface area contributed by atoms with Gasteiger partial charge in [0.1, 0.15) is 0 Å². The fourth-order valence-electron chi connectivity index (χ4n) is 2.10. The molecule has 0 fully saturated rings. The maximum Gasteiger partial charge on any atom is 0.0762 e. The molecule has 0 radical (unpaired) electrons. The van der Waals surface area contributed by atoms with Crippen molar-refractivity contribution in [1.82, 2.24) is 15.1 Å². The summed E-state index contributed by atoms with van der Waals surface area (Å²) in [6.07, 6.45) is 2.05. The summed E-state index contributed by atoms with van der Waals surface area (Å²) >= 11 is 0. The first-order chi connectivity index (χ1) is 8.70. The summed E-state index contributed by atoms with van der Waals surface area (Å²) in [5.74, 6) is 0. The smallest absolute Gasteiger partial charge is 0.0762 e. The van der Waals surface area contributed by atoms with Gasteiger partial charge in [0, 0.05) is 12.7 Å². The van der Waals surface area contributed by atoms with Crippen molar-refractivity contribution in [3.8, 4) is 0 Å². The van der Waals surface area contributed by atoms with Crippen molar-refractivity contribution < 1.29 is 0 Å². The summed E-state index contributed by atoms with van der Waals surface area (Å²) in [4.78, 5) is 0. The highest BCUT2D eigenvalue weighted by molar-refractivity contribution is 5.33. The minimum atomic E-state index is 0.844. The number of rotatable bonds is 5. The molecular formula is C15H21N3. The third kappa shape index (κ3) is 2.99. The lowest BCUT2D eigenvalue weighted by Gasteiger charge is -2.09. The molecule has 0 bridgehead atoms. The maximum absolute atomic E-state index is 4.58. The van der Waals surface area contributed by atoms with Gasteiger partial charge in [-0.05, 0) is 43.1 Å². The number of hydrogen-bond donors (Lipinski definition) is 1. The van der Waals surface area contributed by atoms with Crippen LogP contribution < -0.4 is 5.32 Å². The van der Waals surface area contributed by atoms with E-state index < -0.39 is 0 Å². The van der Waals surface area contributed by atoms with E-state index in [4.69, 9.17) is 0 Å². The van der Waals surface area contributed by atoms with Gasteiger partial charge in [-0.2, -0.15) is 5.10 Å². The number of hydrogen-bond acceptors (Lipinski definition) is 2. The largest absolute Gasteiger partial charge is 0.311 e. The molecule has 3 nitrogen and oxygen atoms in total. The van der Waals surface area contributed by atoms with Crippen molar-refractivity contribution in [1.29, 1.82) is 0 Å². The molecule has 0 unspecified atom stereocenters. The lowest BCUT2D eigenvalue weighted by Crippen LogP contribution is -2.13. The Hall–Kier alpha value is -1.61. The average molecular weight is 243 g/mol. The molecule has 0 saturated heterocycles. The van der Waals surface area contributed by atoms with Gasteiger partial charge in [-0.25, -0.2) is 0 Å². The highest BCUT2D eigenvalue weighted by Gasteiger charge is 2.04. The van der Waals surface area contributed by atoms with Crippen molar-refractivity contribution in [2.24, 2.45) is 0 Å². The van der Waals surface area contributed by atoms with Crippen LogP contribution in [0.1, 0.15) is 29.3 Å². The number of aryl methyl sites for hydroxylation is 2. The Labute approximate surface area is 109 Å². The minimum absolute atomic E-state index is 0.844. The normalized spacial score (nSPS) is 10.8. The van der Waals surface area contributed by atoms with E-state index in [-0.39, 0.29) is 0 Å². The van der Waals surface area contributed by atoms with Gasteiger partial charge in [0.05, 0.1) is 12.2 Å². The Morgan fingerprint density at radius 3 is 2.56 bits per heavy atom. The molecule has 0 aliphatic rings. The zero-order valence-electron chi connectivity index (χ0n) is 11.4. The lowest BCUT2D eigenvalue weighted by atomic mass is 10.0. The molecule has 1 N–H and O–H groups in total. The SMILES string of the molecule is CCNCc1ccn(Cc2c(C)cccc2C)n1. The molecule has 0 aliphatic heterocycles. The zero-order chi connectivity index (χ0) is 13.0. The summed E-state index contributed by atoms with van der Waals surface area (Å²) < 4.78 is 2.02. The molecule has 1 aromatic carbocycles. The van der Waals surface area contributed by atoms with Crippen LogP contribution >= 0.6 is 0 Å². The molecule has 0 saturated carbocycles. The van der Waals surface area contributed by atoms with Crippen LogP contribution in [0.4, 0.5) is 0 Å². The molecule has 96 valence electrons. The monoisotopic (exact) mass is 243 g/mol. The molecule has 0 amide bonds. The van der Waals surface area contributed by atoms with Crippen LogP contribution in [0.25, 0.3) is 0 Å². The van der Waals surface area contributed by atoms with Gasteiger partial charge in [-0.1, -0.05) is 25.1 Å². The first kappa shape index (κ1) is 12.8. The minimum Gasteiger partial charge on any atom is -0.311 e. The van der Waals surface area contributed by atoms with E-state index in [9.17, 15) is 0 Å². The molecule has 1 heterocycles. The molecule has 0 aliphatic carbocycles. The molecule has 2 aromatic rings. The second-order valence-electron chi connectivity index (χ2n) is 4.66. The van der Waals surface area contributed by atoms with E-state index in [1.807, 2.05) is 4.68 Å². The topological polar surface area (TPSA) is 29.9 Å². The van der Waals surface area contributed by atoms with Gasteiger partial charge in [0.2, 0.25) is 0 Å². The van der Waals surface area contributed by atoms with E-state index in [0.717, 1.165) is 25.3 Å². The van der Waals surface area contributed by atoms with E-state index in [0.29, 0.717) is 0 Å². The molecule has 2 rings (SSSR count). The van der Waals surface area contributed by atoms with Gasteiger partial charge >= 0.3 is 0 Å². The lowest BCUT2D eigenvalue weighted by molar-refractivity contribution is 0.641. The van der Waals surface area contributed by atoms with Crippen LogP contribution in [0.3, 0.4) is 0 Å². The van der Waals surface area contributed by atoms with Crippen LogP contribution in [-0.4, -0.2) is 16.3 Å². The van der Waals surface area contributed by atoms with Crippen LogP contribution in [0, 0.1) is 13.8 Å². The average Bonchev–Trinajstić information content (AvgIpc) is 2.79. The summed E-state index contributed by atoms with van der Waals surface area (Å²) in [7, 11) is 0. The van der Waals surface area contributed by atoms with Crippen molar-refractivity contribution >= 4 is 0 Å². The highest BCUT2D eigenvalue weighted by Crippen LogP contribution is 2.14. The van der Waals surface area contributed by atoms with Gasteiger partial charge in [0.15, 0.2) is 0 Å². The van der Waals surface area contributed by atoms with E-state index >= 15 is 0 Å². The van der Waals surface area contributed by atoms with Gasteiger partial charge < -0.3 is 5.32 Å². The predicted octanol–water partition coefficient (Wildman–Crippen LogP) is 2.66. The number of aromatic nitrogens is 2. The second kappa shape index (κ2) is 5.83. The molecule has 18 heavy (non-hydrogen) atoms. The van der Waals surface area contributed by atoms with E-state index in [1.54, 1.807) is 0 Å². The molecule has 1 aromatic heterocycles. The first-order valence-corrected chi connectivity index (χ1v) is 6.49. The quantitative estimate of drug-likeness (QED) is 0.875. The highest BCUT2D eigenvalue weighted by atomic mass is 15.3. The molecule has 0 atom stereocenters. The Balaban J connectivity index is 2.11. The number of benzene rings is 1. The molecular weight excluding hydrogens is 222 g/mol. The Bertz CT molecular complexity index is 494. The molecule has 0 spiro atoms. The summed E-state index contributed by atoms with van der Waals surface area (Å²) in [6.45, 7) is 9.09. The number of nitrogens with one attached hydrogen (secondary N) is 1. The fourth-order valence-corrected chi connectivity index (χ4v) is 2.10. The van der Waals surface area contributed by atoms with Crippen LogP contribution in [0.2, 0.25) is 0 Å². The Morgan fingerprint density at radius 2 is 1.89 bits per heavy atom. The van der Waals surface area contributed by atoms with E-state index in [2.05, 4.69) is 61.6 Å². The second-order valence-corrected chi connectivity index (χ2v) is 4.66. The van der Waals surface area contributed by atoms with Gasteiger partial charge in [-0.15, -0.1) is 0 Å². The fraction of sp³-hybridized carbons (Fsp3) is 0.400. The van der Waals surface area contributed by atoms with Crippen molar-refractivity contribution in [2.45, 2.75) is 33.9 Å². The number of nitrogens with zero attached hydrogens (tertiary/aromatic N) is 2. The Kier molecular flexibility index (Phi) is 4.15. The third-order valence-corrected chi connectivity index (χ3v) is 3.22. The van der Waals surface area contributed by atoms with Crippen LogP contribution in [0.5, 0.6) is 0 Å².